The summed E-state index contributed by atoms with van der Waals surface area (Å²) >= 11 is 0. The molecule has 122 valence electrons. The minimum Gasteiger partial charge on any atom is -0.443 e. The van der Waals surface area contributed by atoms with Crippen molar-refractivity contribution in [2.45, 2.75) is 44.8 Å². The van der Waals surface area contributed by atoms with E-state index in [1.165, 1.54) is 19.4 Å². The van der Waals surface area contributed by atoms with Gasteiger partial charge >= 0.3 is 0 Å². The third kappa shape index (κ3) is 3.17. The summed E-state index contributed by atoms with van der Waals surface area (Å²) in [6.07, 6.45) is 6.36. The van der Waals surface area contributed by atoms with Crippen molar-refractivity contribution in [1.29, 1.82) is 0 Å². The van der Waals surface area contributed by atoms with E-state index < -0.39 is 0 Å². The van der Waals surface area contributed by atoms with Gasteiger partial charge in [0.05, 0.1) is 6.20 Å². The van der Waals surface area contributed by atoms with Gasteiger partial charge in [0.15, 0.2) is 0 Å². The number of rotatable bonds is 4. The molecule has 0 saturated carbocycles. The maximum atomic E-state index is 12.2. The van der Waals surface area contributed by atoms with E-state index in [9.17, 15) is 4.79 Å². The number of ether oxygens (including phenoxy) is 1. The normalized spacial score (nSPS) is 21.6. The molecular weight excluding hydrogens is 282 g/mol. The van der Waals surface area contributed by atoms with Gasteiger partial charge in [-0.25, -0.2) is 4.98 Å². The first-order valence-electron chi connectivity index (χ1n) is 8.07. The summed E-state index contributed by atoms with van der Waals surface area (Å²) < 4.78 is 10.7. The summed E-state index contributed by atoms with van der Waals surface area (Å²) in [7, 11) is 2.21. The Labute approximate surface area is 131 Å². The molecule has 1 aromatic rings. The Morgan fingerprint density at radius 1 is 1.36 bits per heavy atom. The molecule has 6 nitrogen and oxygen atoms in total. The third-order valence-electron chi connectivity index (χ3n) is 5.11. The lowest BCUT2D eigenvalue weighted by Crippen LogP contribution is -2.52. The van der Waals surface area contributed by atoms with Crippen molar-refractivity contribution in [1.82, 2.24) is 14.8 Å². The van der Waals surface area contributed by atoms with E-state index >= 15 is 0 Å². The molecule has 2 fully saturated rings. The number of carbonyl (C=O) groups excluding carboxylic acids is 1. The van der Waals surface area contributed by atoms with Gasteiger partial charge in [-0.15, -0.1) is 0 Å². The quantitative estimate of drug-likeness (QED) is 0.845. The zero-order valence-corrected chi connectivity index (χ0v) is 13.5. The summed E-state index contributed by atoms with van der Waals surface area (Å²) in [6.45, 7) is 5.05. The molecule has 1 aromatic heterocycles. The van der Waals surface area contributed by atoms with Crippen molar-refractivity contribution < 1.29 is 13.9 Å². The van der Waals surface area contributed by atoms with Crippen molar-refractivity contribution in [3.8, 4) is 0 Å². The van der Waals surface area contributed by atoms with Crippen LogP contribution in [0.15, 0.2) is 10.6 Å². The first kappa shape index (κ1) is 15.5. The van der Waals surface area contributed by atoms with Crippen molar-refractivity contribution in [3.05, 3.63) is 17.8 Å². The van der Waals surface area contributed by atoms with Crippen LogP contribution in [0.3, 0.4) is 0 Å². The van der Waals surface area contributed by atoms with Crippen LogP contribution in [0, 0.1) is 6.92 Å². The lowest BCUT2D eigenvalue weighted by Gasteiger charge is -2.43. The van der Waals surface area contributed by atoms with E-state index in [2.05, 4.69) is 16.9 Å². The van der Waals surface area contributed by atoms with Crippen molar-refractivity contribution >= 4 is 5.91 Å². The fourth-order valence-corrected chi connectivity index (χ4v) is 3.66. The fourth-order valence-electron chi connectivity index (χ4n) is 3.66. The first-order chi connectivity index (χ1) is 10.6. The van der Waals surface area contributed by atoms with Crippen LogP contribution in [0.25, 0.3) is 0 Å². The van der Waals surface area contributed by atoms with Gasteiger partial charge in [-0.05, 0) is 46.2 Å². The molecule has 0 bridgehead atoms. The van der Waals surface area contributed by atoms with E-state index in [4.69, 9.17) is 9.15 Å². The maximum absolute atomic E-state index is 12.2. The molecule has 0 atom stereocenters. The Morgan fingerprint density at radius 3 is 2.73 bits per heavy atom. The number of aryl methyl sites for hydroxylation is 1. The highest BCUT2D eigenvalue weighted by Crippen LogP contribution is 2.37. The summed E-state index contributed by atoms with van der Waals surface area (Å²) in [4.78, 5) is 20.7. The van der Waals surface area contributed by atoms with Gasteiger partial charge in [0, 0.05) is 18.6 Å². The molecule has 1 spiro atoms. The molecule has 3 heterocycles. The lowest BCUT2D eigenvalue weighted by atomic mass is 9.85. The third-order valence-corrected chi connectivity index (χ3v) is 5.11. The van der Waals surface area contributed by atoms with Gasteiger partial charge in [0.25, 0.3) is 0 Å². The number of hydrogen-bond donors (Lipinski definition) is 0. The molecule has 0 unspecified atom stereocenters. The average molecular weight is 307 g/mol. The topological polar surface area (TPSA) is 58.8 Å². The highest BCUT2D eigenvalue weighted by Gasteiger charge is 2.41. The zero-order chi connectivity index (χ0) is 15.6. The minimum atomic E-state index is 0.0683. The predicted molar refractivity (Wildman–Crippen MR) is 81.3 cm³/mol. The standard InChI is InChI=1S/C16H25N3O3/c1-13-10-17-14(22-13)11-21-12-15(20)19-8-5-16(6-9-19)4-3-7-18(16)2/h10H,3-9,11-12H2,1-2H3. The average Bonchev–Trinajstić information content (AvgIpc) is 3.07. The number of aromatic nitrogens is 1. The molecule has 22 heavy (non-hydrogen) atoms. The van der Waals surface area contributed by atoms with E-state index in [-0.39, 0.29) is 19.1 Å². The van der Waals surface area contributed by atoms with Crippen LogP contribution in [0.5, 0.6) is 0 Å². The molecular formula is C16H25N3O3. The summed E-state index contributed by atoms with van der Waals surface area (Å²) in [5, 5.41) is 0. The van der Waals surface area contributed by atoms with Crippen molar-refractivity contribution in [2.75, 3.05) is 33.3 Å². The van der Waals surface area contributed by atoms with E-state index in [1.807, 2.05) is 11.8 Å². The van der Waals surface area contributed by atoms with Crippen LogP contribution >= 0.6 is 0 Å². The molecule has 0 aliphatic carbocycles. The molecule has 2 aliphatic rings. The predicted octanol–water partition coefficient (Wildman–Crippen LogP) is 1.59. The van der Waals surface area contributed by atoms with Crippen LogP contribution in [0.2, 0.25) is 0 Å². The fraction of sp³-hybridized carbons (Fsp3) is 0.750. The number of likely N-dealkylation sites (tertiary alicyclic amines) is 2. The summed E-state index contributed by atoms with van der Waals surface area (Å²) in [5.41, 5.74) is 0.341. The molecule has 6 heteroatoms. The SMILES string of the molecule is Cc1cnc(COCC(=O)N2CCC3(CCCN3C)CC2)o1. The number of oxazole rings is 1. The van der Waals surface area contributed by atoms with Crippen LogP contribution in [-0.4, -0.2) is 59.5 Å². The maximum Gasteiger partial charge on any atom is 0.248 e. The number of amides is 1. The lowest BCUT2D eigenvalue weighted by molar-refractivity contribution is -0.139. The van der Waals surface area contributed by atoms with E-state index in [0.717, 1.165) is 31.7 Å². The largest absolute Gasteiger partial charge is 0.443 e. The van der Waals surface area contributed by atoms with Crippen molar-refractivity contribution in [2.24, 2.45) is 0 Å². The minimum absolute atomic E-state index is 0.0683. The molecule has 0 radical (unpaired) electrons. The van der Waals surface area contributed by atoms with Gasteiger partial charge in [-0.3, -0.25) is 4.79 Å². The highest BCUT2D eigenvalue weighted by molar-refractivity contribution is 5.77. The first-order valence-corrected chi connectivity index (χ1v) is 8.07. The molecule has 2 saturated heterocycles. The Bertz CT molecular complexity index is 520. The van der Waals surface area contributed by atoms with Gasteiger partial charge in [-0.2, -0.15) is 0 Å². The molecule has 0 N–H and O–H groups in total. The molecule has 1 amide bonds. The van der Waals surface area contributed by atoms with Crippen LogP contribution in [0.1, 0.15) is 37.3 Å². The van der Waals surface area contributed by atoms with E-state index in [0.29, 0.717) is 11.4 Å². The summed E-state index contributed by atoms with van der Waals surface area (Å²) in [6, 6.07) is 0. The summed E-state index contributed by atoms with van der Waals surface area (Å²) in [5.74, 6) is 1.35. The number of piperidine rings is 1. The van der Waals surface area contributed by atoms with E-state index in [1.54, 1.807) is 6.20 Å². The van der Waals surface area contributed by atoms with Crippen molar-refractivity contribution in [3.63, 3.8) is 0 Å². The molecule has 0 aromatic carbocycles. The number of hydrogen-bond acceptors (Lipinski definition) is 5. The van der Waals surface area contributed by atoms with Crippen LogP contribution in [-0.2, 0) is 16.1 Å². The monoisotopic (exact) mass is 307 g/mol. The second-order valence-electron chi connectivity index (χ2n) is 6.49. The molecule has 2 aliphatic heterocycles. The van der Waals surface area contributed by atoms with Gasteiger partial charge in [0.1, 0.15) is 19.0 Å². The zero-order valence-electron chi connectivity index (χ0n) is 13.5. The van der Waals surface area contributed by atoms with Crippen LogP contribution in [0.4, 0.5) is 0 Å². The van der Waals surface area contributed by atoms with Crippen LogP contribution < -0.4 is 0 Å². The second kappa shape index (κ2) is 6.38. The second-order valence-corrected chi connectivity index (χ2v) is 6.49. The smallest absolute Gasteiger partial charge is 0.248 e. The number of nitrogens with zero attached hydrogens (tertiary/aromatic N) is 3. The Hall–Kier alpha value is -1.40. The Balaban J connectivity index is 1.42. The number of carbonyl (C=O) groups is 1. The molecule has 3 rings (SSSR count). The van der Waals surface area contributed by atoms with Gasteiger partial charge in [-0.1, -0.05) is 0 Å². The highest BCUT2D eigenvalue weighted by atomic mass is 16.5. The Morgan fingerprint density at radius 2 is 2.14 bits per heavy atom. The Kier molecular flexibility index (Phi) is 4.49. The van der Waals surface area contributed by atoms with Gasteiger partial charge in [0.2, 0.25) is 11.8 Å². The van der Waals surface area contributed by atoms with Gasteiger partial charge < -0.3 is 19.0 Å².